The Morgan fingerprint density at radius 3 is 2.50 bits per heavy atom. The molecule has 0 radical (unpaired) electrons. The van der Waals surface area contributed by atoms with Gasteiger partial charge in [0, 0.05) is 6.61 Å². The lowest BCUT2D eigenvalue weighted by Crippen LogP contribution is -2.44. The molecular weight excluding hydrogens is 172 g/mol. The summed E-state index contributed by atoms with van der Waals surface area (Å²) in [7, 11) is 0. The maximum absolute atomic E-state index is 5.37. The van der Waals surface area contributed by atoms with Gasteiger partial charge in [0.2, 0.25) is 0 Å². The van der Waals surface area contributed by atoms with Crippen LogP contribution in [0.15, 0.2) is 0 Å². The van der Waals surface area contributed by atoms with E-state index in [2.05, 4.69) is 19.2 Å². The van der Waals surface area contributed by atoms with E-state index in [1.54, 1.807) is 0 Å². The van der Waals surface area contributed by atoms with Crippen molar-refractivity contribution in [3.05, 3.63) is 0 Å². The predicted molar refractivity (Wildman–Crippen MR) is 55.0 cm³/mol. The molecule has 3 N–H and O–H groups in total. The zero-order valence-electron chi connectivity index (χ0n) is 7.96. The highest BCUT2D eigenvalue weighted by Gasteiger charge is 2.12. The molecule has 0 spiro atoms. The second-order valence-electron chi connectivity index (χ2n) is 3.02. The second kappa shape index (κ2) is 6.20. The lowest BCUT2D eigenvalue weighted by atomic mass is 10.1. The van der Waals surface area contributed by atoms with Crippen LogP contribution in [0.4, 0.5) is 0 Å². The van der Waals surface area contributed by atoms with Gasteiger partial charge in [0.15, 0.2) is 5.11 Å². The van der Waals surface area contributed by atoms with Crippen LogP contribution in [0.25, 0.3) is 0 Å². The van der Waals surface area contributed by atoms with Crippen molar-refractivity contribution in [3.63, 3.8) is 0 Å². The summed E-state index contributed by atoms with van der Waals surface area (Å²) in [6, 6.07) is 0.224. The third-order valence-electron chi connectivity index (χ3n) is 1.63. The molecule has 1 atom stereocenters. The molecule has 0 aliphatic carbocycles. The summed E-state index contributed by atoms with van der Waals surface area (Å²) in [5, 5.41) is 3.34. The number of rotatable bonds is 5. The Bertz CT molecular complexity index is 139. The first kappa shape index (κ1) is 11.6. The molecule has 0 heterocycles. The standard InChI is InChI=1S/C8H18N2OS/c1-4-11-5-7(6(2)3)10-8(9)12/h6-7H,4-5H2,1-3H3,(H3,9,10,12). The largest absolute Gasteiger partial charge is 0.380 e. The third kappa shape index (κ3) is 5.32. The first-order valence-electron chi connectivity index (χ1n) is 4.21. The van der Waals surface area contributed by atoms with E-state index >= 15 is 0 Å². The molecule has 0 aromatic carbocycles. The molecule has 0 aromatic rings. The van der Waals surface area contributed by atoms with E-state index in [9.17, 15) is 0 Å². The normalized spacial score (nSPS) is 13.0. The minimum atomic E-state index is 0.224. The molecule has 0 rings (SSSR count). The lowest BCUT2D eigenvalue weighted by Gasteiger charge is -2.21. The molecule has 12 heavy (non-hydrogen) atoms. The Hall–Kier alpha value is -0.350. The molecule has 4 heteroatoms. The molecule has 0 saturated heterocycles. The van der Waals surface area contributed by atoms with Gasteiger partial charge in [0.05, 0.1) is 12.6 Å². The van der Waals surface area contributed by atoms with Gasteiger partial charge in [0.1, 0.15) is 0 Å². The van der Waals surface area contributed by atoms with Crippen molar-refractivity contribution in [2.45, 2.75) is 26.8 Å². The summed E-state index contributed by atoms with van der Waals surface area (Å²) >= 11 is 4.75. The monoisotopic (exact) mass is 190 g/mol. The van der Waals surface area contributed by atoms with Gasteiger partial charge < -0.3 is 15.8 Å². The number of hydrogen-bond donors (Lipinski definition) is 2. The molecule has 0 aliphatic rings. The fourth-order valence-electron chi connectivity index (χ4n) is 0.828. The molecule has 0 amide bonds. The quantitative estimate of drug-likeness (QED) is 0.632. The van der Waals surface area contributed by atoms with Crippen LogP contribution in [0.1, 0.15) is 20.8 Å². The molecule has 72 valence electrons. The van der Waals surface area contributed by atoms with Gasteiger partial charge >= 0.3 is 0 Å². The SMILES string of the molecule is CCOCC(NC(N)=S)C(C)C. The van der Waals surface area contributed by atoms with E-state index in [4.69, 9.17) is 22.7 Å². The van der Waals surface area contributed by atoms with Crippen LogP contribution < -0.4 is 11.1 Å². The van der Waals surface area contributed by atoms with Crippen LogP contribution >= 0.6 is 12.2 Å². The van der Waals surface area contributed by atoms with Crippen molar-refractivity contribution in [3.8, 4) is 0 Å². The summed E-state index contributed by atoms with van der Waals surface area (Å²) < 4.78 is 5.28. The summed E-state index contributed by atoms with van der Waals surface area (Å²) in [6.07, 6.45) is 0. The Kier molecular flexibility index (Phi) is 6.02. The summed E-state index contributed by atoms with van der Waals surface area (Å²) in [5.41, 5.74) is 5.37. The van der Waals surface area contributed by atoms with E-state index in [0.717, 1.165) is 6.61 Å². The average Bonchev–Trinajstić information content (AvgIpc) is 1.96. The molecule has 0 aliphatic heterocycles. The fraction of sp³-hybridized carbons (Fsp3) is 0.875. The van der Waals surface area contributed by atoms with Crippen molar-refractivity contribution in [2.75, 3.05) is 13.2 Å². The van der Waals surface area contributed by atoms with Crippen LogP contribution in [0.2, 0.25) is 0 Å². The van der Waals surface area contributed by atoms with Crippen LogP contribution in [-0.2, 0) is 4.74 Å². The fourth-order valence-corrected chi connectivity index (χ4v) is 0.980. The molecule has 1 unspecified atom stereocenters. The summed E-state index contributed by atoms with van der Waals surface area (Å²) in [6.45, 7) is 7.57. The Morgan fingerprint density at radius 2 is 2.17 bits per heavy atom. The van der Waals surface area contributed by atoms with Gasteiger partial charge in [-0.3, -0.25) is 0 Å². The predicted octanol–water partition coefficient (Wildman–Crippen LogP) is 0.881. The van der Waals surface area contributed by atoms with Gasteiger partial charge in [-0.2, -0.15) is 0 Å². The first-order valence-corrected chi connectivity index (χ1v) is 4.62. The van der Waals surface area contributed by atoms with Gasteiger partial charge in [0.25, 0.3) is 0 Å². The van der Waals surface area contributed by atoms with Gasteiger partial charge in [-0.15, -0.1) is 0 Å². The van der Waals surface area contributed by atoms with Crippen molar-refractivity contribution >= 4 is 17.3 Å². The topological polar surface area (TPSA) is 47.3 Å². The molecule has 0 saturated carbocycles. The average molecular weight is 190 g/mol. The highest BCUT2D eigenvalue weighted by atomic mass is 32.1. The summed E-state index contributed by atoms with van der Waals surface area (Å²) in [4.78, 5) is 0. The minimum absolute atomic E-state index is 0.224. The highest BCUT2D eigenvalue weighted by molar-refractivity contribution is 7.80. The zero-order valence-corrected chi connectivity index (χ0v) is 8.78. The molecule has 0 aromatic heterocycles. The molecule has 0 fully saturated rings. The van der Waals surface area contributed by atoms with E-state index in [1.165, 1.54) is 0 Å². The van der Waals surface area contributed by atoms with E-state index in [0.29, 0.717) is 17.6 Å². The van der Waals surface area contributed by atoms with Crippen molar-refractivity contribution in [1.82, 2.24) is 5.32 Å². The number of thiocarbonyl (C=S) groups is 1. The number of nitrogens with one attached hydrogen (secondary N) is 1. The van der Waals surface area contributed by atoms with E-state index in [1.807, 2.05) is 6.92 Å². The van der Waals surface area contributed by atoms with Crippen molar-refractivity contribution in [1.29, 1.82) is 0 Å². The number of ether oxygens (including phenoxy) is 1. The van der Waals surface area contributed by atoms with Crippen LogP contribution in [-0.4, -0.2) is 24.4 Å². The van der Waals surface area contributed by atoms with Crippen LogP contribution in [0, 0.1) is 5.92 Å². The van der Waals surface area contributed by atoms with Crippen LogP contribution in [0.3, 0.4) is 0 Å². The minimum Gasteiger partial charge on any atom is -0.380 e. The molecule has 3 nitrogen and oxygen atoms in total. The number of nitrogens with two attached hydrogens (primary N) is 1. The van der Waals surface area contributed by atoms with Gasteiger partial charge in [-0.1, -0.05) is 13.8 Å². The van der Waals surface area contributed by atoms with Crippen LogP contribution in [0.5, 0.6) is 0 Å². The Morgan fingerprint density at radius 1 is 1.58 bits per heavy atom. The smallest absolute Gasteiger partial charge is 0.163 e. The maximum atomic E-state index is 5.37. The summed E-state index contributed by atoms with van der Waals surface area (Å²) in [5.74, 6) is 0.470. The van der Waals surface area contributed by atoms with Crippen molar-refractivity contribution in [2.24, 2.45) is 11.7 Å². The Labute approximate surface area is 79.7 Å². The second-order valence-corrected chi connectivity index (χ2v) is 3.46. The molecule has 0 bridgehead atoms. The number of hydrogen-bond acceptors (Lipinski definition) is 2. The maximum Gasteiger partial charge on any atom is 0.163 e. The van der Waals surface area contributed by atoms with E-state index < -0.39 is 0 Å². The first-order chi connectivity index (χ1) is 5.57. The molecular formula is C8H18N2OS. The third-order valence-corrected chi connectivity index (χ3v) is 1.75. The van der Waals surface area contributed by atoms with Crippen molar-refractivity contribution < 1.29 is 4.74 Å². The highest BCUT2D eigenvalue weighted by Crippen LogP contribution is 2.01. The van der Waals surface area contributed by atoms with Gasteiger partial charge in [-0.25, -0.2) is 0 Å². The Balaban J connectivity index is 3.78. The zero-order chi connectivity index (χ0) is 9.56. The lowest BCUT2D eigenvalue weighted by molar-refractivity contribution is 0.115. The van der Waals surface area contributed by atoms with E-state index in [-0.39, 0.29) is 6.04 Å². The van der Waals surface area contributed by atoms with Gasteiger partial charge in [-0.05, 0) is 25.1 Å².